The van der Waals surface area contributed by atoms with Gasteiger partial charge in [0.05, 0.1) is 6.04 Å². The zero-order chi connectivity index (χ0) is 13.0. The number of nitrogens with one attached hydrogen (secondary N) is 1. The predicted molar refractivity (Wildman–Crippen MR) is 63.8 cm³/mol. The summed E-state index contributed by atoms with van der Waals surface area (Å²) < 4.78 is 0. The largest absolute Gasteiger partial charge is 0.480 e. The van der Waals surface area contributed by atoms with Crippen LogP contribution in [0.15, 0.2) is 0 Å². The van der Waals surface area contributed by atoms with Gasteiger partial charge in [-0.25, -0.2) is 0 Å². The Morgan fingerprint density at radius 1 is 1.18 bits per heavy atom. The molecule has 0 aromatic carbocycles. The van der Waals surface area contributed by atoms with E-state index in [4.69, 9.17) is 5.11 Å². The first-order chi connectivity index (χ1) is 7.91. The fourth-order valence-electron chi connectivity index (χ4n) is 1.77. The topological polar surface area (TPSA) is 72.9 Å². The van der Waals surface area contributed by atoms with E-state index in [9.17, 15) is 9.59 Å². The molecule has 1 fully saturated rings. The lowest BCUT2D eigenvalue weighted by Gasteiger charge is -2.35. The van der Waals surface area contributed by atoms with E-state index in [1.165, 1.54) is 6.92 Å². The monoisotopic (exact) mass is 243 g/mol. The van der Waals surface area contributed by atoms with Crippen LogP contribution in [0.5, 0.6) is 0 Å². The smallest absolute Gasteiger partial charge is 0.325 e. The third-order valence-electron chi connectivity index (χ3n) is 3.19. The lowest BCUT2D eigenvalue weighted by atomic mass is 10.2. The third-order valence-corrected chi connectivity index (χ3v) is 3.19. The number of carboxylic acids is 1. The van der Waals surface area contributed by atoms with Crippen LogP contribution < -0.4 is 5.32 Å². The van der Waals surface area contributed by atoms with Crippen LogP contribution in [-0.2, 0) is 9.59 Å². The van der Waals surface area contributed by atoms with Crippen molar-refractivity contribution in [1.29, 1.82) is 0 Å². The van der Waals surface area contributed by atoms with Crippen molar-refractivity contribution >= 4 is 11.9 Å². The highest BCUT2D eigenvalue weighted by Gasteiger charge is 2.26. The first-order valence-corrected chi connectivity index (χ1v) is 5.87. The summed E-state index contributed by atoms with van der Waals surface area (Å²) in [6, 6.07) is -1.11. The molecule has 0 bridgehead atoms. The molecule has 1 aliphatic heterocycles. The maximum atomic E-state index is 11.8. The summed E-state index contributed by atoms with van der Waals surface area (Å²) in [5, 5.41) is 11.2. The molecular weight excluding hydrogens is 222 g/mol. The van der Waals surface area contributed by atoms with Crippen molar-refractivity contribution in [3.63, 3.8) is 0 Å². The molecule has 1 amide bonds. The number of carbonyl (C=O) groups excluding carboxylic acids is 1. The summed E-state index contributed by atoms with van der Waals surface area (Å²) in [6.45, 7) is 6.84. The number of nitrogens with zero attached hydrogens (tertiary/aromatic N) is 2. The van der Waals surface area contributed by atoms with Crippen LogP contribution in [0.1, 0.15) is 13.8 Å². The van der Waals surface area contributed by atoms with E-state index in [2.05, 4.69) is 22.2 Å². The summed E-state index contributed by atoms with van der Waals surface area (Å²) in [4.78, 5) is 26.7. The molecule has 1 rings (SSSR count). The van der Waals surface area contributed by atoms with Gasteiger partial charge in [0.2, 0.25) is 5.91 Å². The quantitative estimate of drug-likeness (QED) is 0.677. The second kappa shape index (κ2) is 5.97. The number of amides is 1. The Morgan fingerprint density at radius 3 is 2.18 bits per heavy atom. The lowest BCUT2D eigenvalue weighted by Crippen LogP contribution is -2.54. The Morgan fingerprint density at radius 2 is 1.71 bits per heavy atom. The first-order valence-electron chi connectivity index (χ1n) is 5.87. The molecule has 1 aliphatic rings. The van der Waals surface area contributed by atoms with Crippen molar-refractivity contribution in [2.24, 2.45) is 0 Å². The average molecular weight is 243 g/mol. The van der Waals surface area contributed by atoms with Crippen LogP contribution in [-0.4, -0.2) is 72.1 Å². The molecule has 2 N–H and O–H groups in total. The molecular formula is C11H21N3O3. The lowest BCUT2D eigenvalue weighted by molar-refractivity contribution is -0.142. The van der Waals surface area contributed by atoms with Crippen molar-refractivity contribution in [1.82, 2.24) is 15.1 Å². The Labute approximate surface area is 102 Å². The number of piperazine rings is 1. The van der Waals surface area contributed by atoms with Crippen molar-refractivity contribution in [3.05, 3.63) is 0 Å². The second-order valence-electron chi connectivity index (χ2n) is 4.58. The van der Waals surface area contributed by atoms with E-state index in [1.807, 2.05) is 6.92 Å². The summed E-state index contributed by atoms with van der Waals surface area (Å²) in [5.41, 5.74) is 0. The maximum Gasteiger partial charge on any atom is 0.325 e. The number of carbonyl (C=O) groups is 2. The van der Waals surface area contributed by atoms with E-state index < -0.39 is 12.0 Å². The molecule has 0 aliphatic carbocycles. The standard InChI is InChI=1S/C11H21N3O3/c1-8(11(16)17)12-10(15)9(2)14-6-4-13(3)5-7-14/h8-9H,4-7H2,1-3H3,(H,12,15)(H,16,17). The van der Waals surface area contributed by atoms with Gasteiger partial charge < -0.3 is 15.3 Å². The number of likely N-dealkylation sites (N-methyl/N-ethyl adjacent to an activating group) is 1. The minimum Gasteiger partial charge on any atom is -0.480 e. The Bertz CT molecular complexity index is 288. The van der Waals surface area contributed by atoms with E-state index >= 15 is 0 Å². The number of hydrogen-bond donors (Lipinski definition) is 2. The van der Waals surface area contributed by atoms with Crippen molar-refractivity contribution in [3.8, 4) is 0 Å². The van der Waals surface area contributed by atoms with Crippen LogP contribution in [0.4, 0.5) is 0 Å². The van der Waals surface area contributed by atoms with Gasteiger partial charge in [-0.3, -0.25) is 14.5 Å². The van der Waals surface area contributed by atoms with E-state index in [1.54, 1.807) is 0 Å². The predicted octanol–water partition coefficient (Wildman–Crippen LogP) is -0.788. The summed E-state index contributed by atoms with van der Waals surface area (Å²) in [7, 11) is 2.05. The van der Waals surface area contributed by atoms with Crippen LogP contribution in [0.2, 0.25) is 0 Å². The molecule has 1 heterocycles. The molecule has 0 aromatic heterocycles. The zero-order valence-corrected chi connectivity index (χ0v) is 10.6. The van der Waals surface area contributed by atoms with Gasteiger partial charge in [0.15, 0.2) is 0 Å². The molecule has 0 radical (unpaired) electrons. The van der Waals surface area contributed by atoms with Crippen LogP contribution in [0, 0.1) is 0 Å². The molecule has 0 saturated carbocycles. The Balaban J connectivity index is 2.43. The van der Waals surface area contributed by atoms with Crippen LogP contribution in [0.25, 0.3) is 0 Å². The van der Waals surface area contributed by atoms with Gasteiger partial charge in [-0.2, -0.15) is 0 Å². The molecule has 2 unspecified atom stereocenters. The van der Waals surface area contributed by atoms with Crippen molar-refractivity contribution in [2.75, 3.05) is 33.2 Å². The molecule has 1 saturated heterocycles. The summed E-state index contributed by atoms with van der Waals surface area (Å²) >= 11 is 0. The highest BCUT2D eigenvalue weighted by molar-refractivity contribution is 5.86. The van der Waals surface area contributed by atoms with Gasteiger partial charge in [0.25, 0.3) is 0 Å². The molecule has 0 aromatic rings. The molecule has 6 heteroatoms. The minimum absolute atomic E-state index is 0.218. The van der Waals surface area contributed by atoms with Gasteiger partial charge in [0, 0.05) is 26.2 Å². The highest BCUT2D eigenvalue weighted by atomic mass is 16.4. The van der Waals surface area contributed by atoms with E-state index in [0.717, 1.165) is 26.2 Å². The SMILES string of the molecule is CC(NC(=O)C(C)N1CCN(C)CC1)C(=O)O. The Kier molecular flexibility index (Phi) is 4.89. The van der Waals surface area contributed by atoms with Gasteiger partial charge in [-0.05, 0) is 20.9 Å². The fraction of sp³-hybridized carbons (Fsp3) is 0.818. The number of hydrogen-bond acceptors (Lipinski definition) is 4. The van der Waals surface area contributed by atoms with Gasteiger partial charge in [-0.1, -0.05) is 0 Å². The van der Waals surface area contributed by atoms with Gasteiger partial charge in [0.1, 0.15) is 6.04 Å². The van der Waals surface area contributed by atoms with Crippen molar-refractivity contribution in [2.45, 2.75) is 25.9 Å². The molecule has 0 spiro atoms. The second-order valence-corrected chi connectivity index (χ2v) is 4.58. The van der Waals surface area contributed by atoms with Crippen molar-refractivity contribution < 1.29 is 14.7 Å². The molecule has 2 atom stereocenters. The normalized spacial score (nSPS) is 21.8. The van der Waals surface area contributed by atoms with Crippen LogP contribution >= 0.6 is 0 Å². The number of aliphatic carboxylic acids is 1. The van der Waals surface area contributed by atoms with Gasteiger partial charge in [-0.15, -0.1) is 0 Å². The summed E-state index contributed by atoms with van der Waals surface area (Å²) in [6.07, 6.45) is 0. The third kappa shape index (κ3) is 3.98. The molecule has 17 heavy (non-hydrogen) atoms. The maximum absolute atomic E-state index is 11.8. The first kappa shape index (κ1) is 13.9. The Hall–Kier alpha value is -1.14. The fourth-order valence-corrected chi connectivity index (χ4v) is 1.77. The van der Waals surface area contributed by atoms with E-state index in [0.29, 0.717) is 0 Å². The summed E-state index contributed by atoms with van der Waals surface area (Å²) in [5.74, 6) is -1.23. The highest BCUT2D eigenvalue weighted by Crippen LogP contribution is 2.05. The van der Waals surface area contributed by atoms with E-state index in [-0.39, 0.29) is 11.9 Å². The average Bonchev–Trinajstić information content (AvgIpc) is 2.28. The molecule has 6 nitrogen and oxygen atoms in total. The van der Waals surface area contributed by atoms with Gasteiger partial charge >= 0.3 is 5.97 Å². The van der Waals surface area contributed by atoms with Crippen LogP contribution in [0.3, 0.4) is 0 Å². The number of carboxylic acid groups (broad SMARTS) is 1. The molecule has 98 valence electrons. The zero-order valence-electron chi connectivity index (χ0n) is 10.6. The minimum atomic E-state index is -1.01. The number of rotatable bonds is 4.